The van der Waals surface area contributed by atoms with E-state index in [1.165, 1.54) is 54.8 Å². The Morgan fingerprint density at radius 3 is 1.81 bits per heavy atom. The first-order valence-electron chi connectivity index (χ1n) is 12.1. The number of nitrogens with zero attached hydrogens (tertiary/aromatic N) is 1. The molecule has 0 radical (unpaired) electrons. The first kappa shape index (κ1) is 21.2. The monoisotopic (exact) mass is 523 g/mol. The van der Waals surface area contributed by atoms with E-state index in [0.717, 1.165) is 10.2 Å². The molecule has 6 aromatic carbocycles. The maximum Gasteiger partial charge on any atom is 0.0553 e. The van der Waals surface area contributed by atoms with Gasteiger partial charge in [0.2, 0.25) is 0 Å². The van der Waals surface area contributed by atoms with Gasteiger partial charge in [0, 0.05) is 20.9 Å². The second-order valence-electron chi connectivity index (χ2n) is 9.14. The van der Waals surface area contributed by atoms with Crippen molar-refractivity contribution < 1.29 is 0 Å². The molecule has 170 valence electrons. The summed E-state index contributed by atoms with van der Waals surface area (Å²) < 4.78 is 3.50. The van der Waals surface area contributed by atoms with Crippen LogP contribution in [0.4, 0.5) is 0 Å². The first-order valence-corrected chi connectivity index (χ1v) is 12.9. The minimum Gasteiger partial charge on any atom is -0.309 e. The highest BCUT2D eigenvalue weighted by molar-refractivity contribution is 9.10. The third kappa shape index (κ3) is 3.37. The van der Waals surface area contributed by atoms with E-state index in [9.17, 15) is 0 Å². The summed E-state index contributed by atoms with van der Waals surface area (Å²) in [6.07, 6.45) is 0. The van der Waals surface area contributed by atoms with Crippen molar-refractivity contribution in [2.24, 2.45) is 0 Å². The Bertz CT molecular complexity index is 1860. The van der Waals surface area contributed by atoms with Gasteiger partial charge in [-0.1, -0.05) is 113 Å². The van der Waals surface area contributed by atoms with E-state index in [-0.39, 0.29) is 0 Å². The third-order valence-electron chi connectivity index (χ3n) is 7.05. The van der Waals surface area contributed by atoms with Gasteiger partial charge in [0.05, 0.1) is 11.0 Å². The Hall–Kier alpha value is -4.14. The highest BCUT2D eigenvalue weighted by Gasteiger charge is 2.18. The van der Waals surface area contributed by atoms with Crippen molar-refractivity contribution in [1.82, 2.24) is 4.57 Å². The molecule has 1 aromatic heterocycles. The third-order valence-corrected chi connectivity index (χ3v) is 7.58. The Kier molecular flexibility index (Phi) is 5.00. The normalized spacial score (nSPS) is 11.5. The molecule has 7 aromatic rings. The van der Waals surface area contributed by atoms with E-state index in [4.69, 9.17) is 0 Å². The highest BCUT2D eigenvalue weighted by atomic mass is 79.9. The van der Waals surface area contributed by atoms with Gasteiger partial charge in [-0.2, -0.15) is 0 Å². The molecule has 0 bridgehead atoms. The fraction of sp³-hybridized carbons (Fsp3) is 0. The van der Waals surface area contributed by atoms with Gasteiger partial charge in [-0.15, -0.1) is 0 Å². The van der Waals surface area contributed by atoms with E-state index in [1.54, 1.807) is 0 Å². The van der Waals surface area contributed by atoms with Gasteiger partial charge >= 0.3 is 0 Å². The average Bonchev–Trinajstić information content (AvgIpc) is 3.28. The van der Waals surface area contributed by atoms with Gasteiger partial charge in [0.25, 0.3) is 0 Å². The van der Waals surface area contributed by atoms with Gasteiger partial charge < -0.3 is 4.57 Å². The van der Waals surface area contributed by atoms with Crippen LogP contribution >= 0.6 is 15.9 Å². The van der Waals surface area contributed by atoms with Crippen molar-refractivity contribution in [1.29, 1.82) is 0 Å². The predicted octanol–water partition coefficient (Wildman–Crippen LogP) is 10.0. The molecule has 7 rings (SSSR count). The number of hydrogen-bond donors (Lipinski definition) is 0. The second-order valence-corrected chi connectivity index (χ2v) is 10.1. The molecule has 0 fully saturated rings. The molecule has 0 atom stereocenters. The Labute approximate surface area is 218 Å². The summed E-state index contributed by atoms with van der Waals surface area (Å²) in [5.74, 6) is 0. The number of aromatic nitrogens is 1. The zero-order chi connectivity index (χ0) is 24.1. The summed E-state index contributed by atoms with van der Waals surface area (Å²) in [4.78, 5) is 0. The molecule has 36 heavy (non-hydrogen) atoms. The van der Waals surface area contributed by atoms with Gasteiger partial charge in [0.1, 0.15) is 0 Å². The van der Waals surface area contributed by atoms with Crippen LogP contribution in [0.3, 0.4) is 0 Å². The molecule has 0 saturated carbocycles. The van der Waals surface area contributed by atoms with Crippen LogP contribution < -0.4 is 0 Å². The molecule has 0 spiro atoms. The van der Waals surface area contributed by atoms with Crippen molar-refractivity contribution in [3.8, 4) is 27.9 Å². The number of benzene rings is 6. The van der Waals surface area contributed by atoms with Crippen molar-refractivity contribution in [2.75, 3.05) is 0 Å². The summed E-state index contributed by atoms with van der Waals surface area (Å²) >= 11 is 3.62. The van der Waals surface area contributed by atoms with Crippen LogP contribution in [0.15, 0.2) is 138 Å². The molecule has 0 N–H and O–H groups in total. The van der Waals surface area contributed by atoms with Crippen LogP contribution in [-0.2, 0) is 0 Å². The minimum atomic E-state index is 1.08. The Morgan fingerprint density at radius 1 is 0.444 bits per heavy atom. The molecule has 0 aliphatic rings. The second kappa shape index (κ2) is 8.51. The van der Waals surface area contributed by atoms with Crippen molar-refractivity contribution >= 4 is 48.5 Å². The van der Waals surface area contributed by atoms with Crippen molar-refractivity contribution in [3.05, 3.63) is 138 Å². The molecular formula is C34H22BrN. The summed E-state index contributed by atoms with van der Waals surface area (Å²) in [5.41, 5.74) is 8.51. The average molecular weight is 524 g/mol. The van der Waals surface area contributed by atoms with Crippen LogP contribution in [0.5, 0.6) is 0 Å². The zero-order valence-electron chi connectivity index (χ0n) is 19.5. The standard InChI is InChI=1S/C34H22BrN/c35-26-16-18-27(19-17-26)36-32-21-25(23-9-3-1-4-10-23)15-20-30(32)34-29-14-8-7-13-28(29)31(22-33(34)36)24-11-5-2-6-12-24/h1-22H. The fourth-order valence-corrected chi connectivity index (χ4v) is 5.68. The molecule has 2 heteroatoms. The summed E-state index contributed by atoms with van der Waals surface area (Å²) in [7, 11) is 0. The van der Waals surface area contributed by atoms with Crippen LogP contribution in [0.25, 0.3) is 60.5 Å². The van der Waals surface area contributed by atoms with Gasteiger partial charge in [-0.05, 0) is 69.4 Å². The van der Waals surface area contributed by atoms with Gasteiger partial charge in [-0.3, -0.25) is 0 Å². The molecular weight excluding hydrogens is 502 g/mol. The molecule has 1 heterocycles. The topological polar surface area (TPSA) is 4.93 Å². The largest absolute Gasteiger partial charge is 0.309 e. The lowest BCUT2D eigenvalue weighted by molar-refractivity contribution is 1.18. The van der Waals surface area contributed by atoms with Crippen molar-refractivity contribution in [3.63, 3.8) is 0 Å². The number of hydrogen-bond acceptors (Lipinski definition) is 0. The lowest BCUT2D eigenvalue weighted by Crippen LogP contribution is -1.94. The maximum absolute atomic E-state index is 3.62. The smallest absolute Gasteiger partial charge is 0.0553 e. The lowest BCUT2D eigenvalue weighted by Gasteiger charge is -2.12. The first-order chi connectivity index (χ1) is 17.8. The van der Waals surface area contributed by atoms with E-state index < -0.39 is 0 Å². The number of rotatable bonds is 3. The predicted molar refractivity (Wildman–Crippen MR) is 157 cm³/mol. The van der Waals surface area contributed by atoms with E-state index >= 15 is 0 Å². The van der Waals surface area contributed by atoms with Crippen LogP contribution in [0.1, 0.15) is 0 Å². The highest BCUT2D eigenvalue weighted by Crippen LogP contribution is 2.42. The molecule has 0 aliphatic heterocycles. The molecule has 0 saturated heterocycles. The minimum absolute atomic E-state index is 1.08. The Balaban J connectivity index is 1.66. The van der Waals surface area contributed by atoms with Gasteiger partial charge in [-0.25, -0.2) is 0 Å². The summed E-state index contributed by atoms with van der Waals surface area (Å²) in [6.45, 7) is 0. The SMILES string of the molecule is Brc1ccc(-n2c3cc(-c4ccccc4)ccc3c3c4ccccc4c(-c4ccccc4)cc32)cc1. The zero-order valence-corrected chi connectivity index (χ0v) is 21.1. The van der Waals surface area contributed by atoms with Crippen LogP contribution in [0.2, 0.25) is 0 Å². The summed E-state index contributed by atoms with van der Waals surface area (Å²) in [5, 5.41) is 5.12. The molecule has 0 amide bonds. The lowest BCUT2D eigenvalue weighted by atomic mass is 9.94. The Morgan fingerprint density at radius 2 is 1.08 bits per heavy atom. The van der Waals surface area contributed by atoms with Gasteiger partial charge in [0.15, 0.2) is 0 Å². The molecule has 0 aliphatic carbocycles. The van der Waals surface area contributed by atoms with Crippen LogP contribution in [0, 0.1) is 0 Å². The quantitative estimate of drug-likeness (QED) is 0.217. The molecule has 1 nitrogen and oxygen atoms in total. The summed E-state index contributed by atoms with van der Waals surface area (Å²) in [6, 6.07) is 48.0. The molecule has 0 unspecified atom stereocenters. The van der Waals surface area contributed by atoms with E-state index in [0.29, 0.717) is 0 Å². The fourth-order valence-electron chi connectivity index (χ4n) is 5.41. The van der Waals surface area contributed by atoms with E-state index in [2.05, 4.69) is 154 Å². The number of fused-ring (bicyclic) bond motifs is 5. The van der Waals surface area contributed by atoms with E-state index in [1.807, 2.05) is 0 Å². The van der Waals surface area contributed by atoms with Crippen molar-refractivity contribution in [2.45, 2.75) is 0 Å². The maximum atomic E-state index is 3.62. The van der Waals surface area contributed by atoms with Crippen LogP contribution in [-0.4, -0.2) is 4.57 Å². The number of halogens is 1.